The Morgan fingerprint density at radius 2 is 1.73 bits per heavy atom. The van der Waals surface area contributed by atoms with E-state index in [2.05, 4.69) is 53.9 Å². The fourth-order valence-corrected chi connectivity index (χ4v) is 5.69. The average Bonchev–Trinajstić information content (AvgIpc) is 3.61. The summed E-state index contributed by atoms with van der Waals surface area (Å²) < 4.78 is 42.7. The van der Waals surface area contributed by atoms with Crippen molar-refractivity contribution in [1.29, 1.82) is 0 Å². The van der Waals surface area contributed by atoms with Crippen molar-refractivity contribution in [2.75, 3.05) is 23.9 Å². The van der Waals surface area contributed by atoms with Crippen LogP contribution >= 0.6 is 11.8 Å². The normalized spacial score (nSPS) is 15.7. The number of amidine groups is 1. The van der Waals surface area contributed by atoms with Gasteiger partial charge < -0.3 is 4.74 Å². The maximum Gasteiger partial charge on any atom is 0.573 e. The smallest absolute Gasteiger partial charge is 0.406 e. The molecule has 44 heavy (non-hydrogen) atoms. The lowest BCUT2D eigenvalue weighted by atomic mass is 9.85. The monoisotopic (exact) mass is 622 g/mol. The zero-order valence-electron chi connectivity index (χ0n) is 24.8. The van der Waals surface area contributed by atoms with Crippen LogP contribution in [-0.2, 0) is 10.2 Å². The molecule has 1 N–H and O–H groups in total. The number of amides is 1. The van der Waals surface area contributed by atoms with Gasteiger partial charge in [0.05, 0.1) is 23.8 Å². The molecule has 5 rings (SSSR count). The number of hydrogen-bond acceptors (Lipinski definition) is 7. The molecule has 0 saturated carbocycles. The highest BCUT2D eigenvalue weighted by Gasteiger charge is 2.33. The van der Waals surface area contributed by atoms with Crippen molar-refractivity contribution in [1.82, 2.24) is 20.1 Å². The van der Waals surface area contributed by atoms with Crippen molar-refractivity contribution in [2.45, 2.75) is 45.4 Å². The molecule has 1 aliphatic heterocycles. The van der Waals surface area contributed by atoms with E-state index < -0.39 is 6.36 Å². The van der Waals surface area contributed by atoms with Gasteiger partial charge in [0.1, 0.15) is 12.1 Å². The third kappa shape index (κ3) is 7.48. The molecular weight excluding hydrogens is 589 g/mol. The summed E-state index contributed by atoms with van der Waals surface area (Å²) in [5.41, 5.74) is 4.37. The van der Waals surface area contributed by atoms with Gasteiger partial charge in [-0.05, 0) is 52.8 Å². The highest BCUT2D eigenvalue weighted by Crippen LogP contribution is 2.36. The SMILES string of the molecule is CC(CNC/N=C1\SCC(=O)N1c1ccccc1C(C)(C)C)c1ccc(-c2ncn(-c3ccc(OC(F)(F)F)cc3)n2)cc1. The van der Waals surface area contributed by atoms with E-state index in [1.54, 1.807) is 4.90 Å². The first-order valence-corrected chi connectivity index (χ1v) is 15.1. The van der Waals surface area contributed by atoms with Gasteiger partial charge in [-0.15, -0.1) is 18.3 Å². The number of thioether (sulfide) groups is 1. The number of rotatable bonds is 9. The number of para-hydroxylation sites is 1. The second-order valence-corrected chi connectivity index (χ2v) is 12.4. The van der Waals surface area contributed by atoms with E-state index in [-0.39, 0.29) is 23.0 Å². The Kier molecular flexibility index (Phi) is 9.12. The van der Waals surface area contributed by atoms with Crippen molar-refractivity contribution in [3.05, 3.63) is 90.3 Å². The van der Waals surface area contributed by atoms with E-state index in [9.17, 15) is 18.0 Å². The maximum atomic E-state index is 12.8. The van der Waals surface area contributed by atoms with Crippen LogP contribution in [0.5, 0.6) is 5.75 Å². The molecule has 8 nitrogen and oxygen atoms in total. The number of halogens is 3. The molecule has 1 atom stereocenters. The Bertz CT molecular complexity index is 1630. The molecule has 4 aromatic rings. The molecule has 1 saturated heterocycles. The summed E-state index contributed by atoms with van der Waals surface area (Å²) in [6.07, 6.45) is -3.23. The van der Waals surface area contributed by atoms with E-state index in [1.807, 2.05) is 42.5 Å². The second-order valence-electron chi connectivity index (χ2n) is 11.4. The van der Waals surface area contributed by atoms with Crippen LogP contribution in [0.3, 0.4) is 0 Å². The van der Waals surface area contributed by atoms with Crippen LogP contribution in [0.25, 0.3) is 17.1 Å². The Balaban J connectivity index is 1.17. The van der Waals surface area contributed by atoms with Crippen LogP contribution in [0.15, 0.2) is 84.1 Å². The van der Waals surface area contributed by atoms with Gasteiger partial charge in [-0.2, -0.15) is 0 Å². The lowest BCUT2D eigenvalue weighted by molar-refractivity contribution is -0.274. The highest BCUT2D eigenvalue weighted by atomic mass is 32.2. The fourth-order valence-electron chi connectivity index (χ4n) is 4.82. The number of carbonyl (C=O) groups is 1. The summed E-state index contributed by atoms with van der Waals surface area (Å²) in [5.74, 6) is 0.796. The van der Waals surface area contributed by atoms with Gasteiger partial charge in [0.15, 0.2) is 11.0 Å². The van der Waals surface area contributed by atoms with Gasteiger partial charge in [0.2, 0.25) is 5.91 Å². The van der Waals surface area contributed by atoms with Gasteiger partial charge in [-0.3, -0.25) is 15.0 Å². The molecule has 0 spiro atoms. The molecular formula is C32H33F3N6O2S. The van der Waals surface area contributed by atoms with Crippen LogP contribution in [-0.4, -0.2) is 51.2 Å². The number of hydrogen-bond donors (Lipinski definition) is 1. The van der Waals surface area contributed by atoms with E-state index >= 15 is 0 Å². The summed E-state index contributed by atoms with van der Waals surface area (Å²) in [7, 11) is 0. The molecule has 1 aliphatic rings. The fraction of sp³-hybridized carbons (Fsp3) is 0.312. The number of nitrogens with zero attached hydrogens (tertiary/aromatic N) is 5. The summed E-state index contributed by atoms with van der Waals surface area (Å²) in [4.78, 5) is 23.6. The quantitative estimate of drug-likeness (QED) is 0.204. The topological polar surface area (TPSA) is 84.6 Å². The molecule has 230 valence electrons. The Labute approximate surface area is 258 Å². The van der Waals surface area contributed by atoms with Crippen LogP contribution in [0.1, 0.15) is 44.7 Å². The standard InChI is InChI=1S/C32H33F3N6O2S/c1-21(17-36-19-37-30-41(28(42)18-44-30)27-8-6-5-7-26(27)31(2,3)4)22-9-11-23(12-10-22)29-38-20-40(39-29)24-13-15-25(16-14-24)43-32(33,34)35/h5-16,20-21,36H,17-19H2,1-4H3/b37-30-. The summed E-state index contributed by atoms with van der Waals surface area (Å²) in [6.45, 7) is 9.60. The number of aromatic nitrogens is 3. The van der Waals surface area contributed by atoms with Crippen LogP contribution in [0, 0.1) is 0 Å². The first kappa shape index (κ1) is 31.3. The maximum absolute atomic E-state index is 12.8. The number of carbonyl (C=O) groups excluding carboxylic acids is 1. The number of anilines is 1. The second kappa shape index (κ2) is 12.8. The molecule has 1 aromatic heterocycles. The van der Waals surface area contributed by atoms with Crippen molar-refractivity contribution >= 4 is 28.5 Å². The van der Waals surface area contributed by atoms with Gasteiger partial charge in [0, 0.05) is 12.1 Å². The van der Waals surface area contributed by atoms with Crippen molar-refractivity contribution in [2.24, 2.45) is 4.99 Å². The van der Waals surface area contributed by atoms with Gasteiger partial charge in [0.25, 0.3) is 0 Å². The van der Waals surface area contributed by atoms with Gasteiger partial charge in [-0.1, -0.05) is 81.9 Å². The van der Waals surface area contributed by atoms with E-state index in [1.165, 1.54) is 47.0 Å². The number of ether oxygens (including phenoxy) is 1. The van der Waals surface area contributed by atoms with Gasteiger partial charge in [-0.25, -0.2) is 14.7 Å². The zero-order valence-corrected chi connectivity index (χ0v) is 25.6. The first-order chi connectivity index (χ1) is 20.9. The molecule has 0 radical (unpaired) electrons. The largest absolute Gasteiger partial charge is 0.573 e. The molecule has 1 fully saturated rings. The average molecular weight is 623 g/mol. The summed E-state index contributed by atoms with van der Waals surface area (Å²) >= 11 is 1.46. The van der Waals surface area contributed by atoms with E-state index in [0.29, 0.717) is 35.6 Å². The van der Waals surface area contributed by atoms with E-state index in [4.69, 9.17) is 4.99 Å². The molecule has 1 amide bonds. The molecule has 3 aromatic carbocycles. The van der Waals surface area contributed by atoms with Gasteiger partial charge >= 0.3 is 6.36 Å². The number of alkyl halides is 3. The van der Waals surface area contributed by atoms with Crippen LogP contribution < -0.4 is 15.0 Å². The van der Waals surface area contributed by atoms with Crippen LogP contribution in [0.4, 0.5) is 18.9 Å². The predicted molar refractivity (Wildman–Crippen MR) is 167 cm³/mol. The molecule has 0 aliphatic carbocycles. The first-order valence-electron chi connectivity index (χ1n) is 14.1. The molecule has 2 heterocycles. The number of aliphatic imine (C=N–C) groups is 1. The summed E-state index contributed by atoms with van der Waals surface area (Å²) in [6, 6.07) is 21.3. The zero-order chi connectivity index (χ0) is 31.5. The summed E-state index contributed by atoms with van der Waals surface area (Å²) in [5, 5.41) is 8.56. The predicted octanol–water partition coefficient (Wildman–Crippen LogP) is 6.92. The van der Waals surface area contributed by atoms with E-state index in [0.717, 1.165) is 22.4 Å². The minimum Gasteiger partial charge on any atom is -0.406 e. The minimum atomic E-state index is -4.74. The van der Waals surface area contributed by atoms with Crippen LogP contribution in [0.2, 0.25) is 0 Å². The third-order valence-electron chi connectivity index (χ3n) is 7.06. The van der Waals surface area contributed by atoms with Crippen molar-refractivity contribution in [3.8, 4) is 22.8 Å². The lowest BCUT2D eigenvalue weighted by Crippen LogP contribution is -2.32. The minimum absolute atomic E-state index is 0.0340. The number of benzene rings is 3. The molecule has 1 unspecified atom stereocenters. The van der Waals surface area contributed by atoms with Crippen molar-refractivity contribution in [3.63, 3.8) is 0 Å². The highest BCUT2D eigenvalue weighted by molar-refractivity contribution is 8.15. The Hall–Kier alpha value is -4.16. The molecule has 0 bridgehead atoms. The Morgan fingerprint density at radius 3 is 2.41 bits per heavy atom. The third-order valence-corrected chi connectivity index (χ3v) is 8.02. The number of nitrogens with one attached hydrogen (secondary N) is 1. The molecule has 12 heteroatoms. The lowest BCUT2D eigenvalue weighted by Gasteiger charge is -2.27. The van der Waals surface area contributed by atoms with Crippen molar-refractivity contribution < 1.29 is 22.7 Å². The Morgan fingerprint density at radius 1 is 1.02 bits per heavy atom.